The van der Waals surface area contributed by atoms with E-state index in [1.807, 2.05) is 0 Å². The molecular weight excluding hydrogens is 176 g/mol. The fourth-order valence-electron chi connectivity index (χ4n) is 2.52. The molecule has 1 saturated heterocycles. The van der Waals surface area contributed by atoms with Crippen molar-refractivity contribution in [3.05, 3.63) is 0 Å². The molecule has 0 aromatic carbocycles. The number of amides is 1. The molecule has 1 fully saturated rings. The van der Waals surface area contributed by atoms with Crippen molar-refractivity contribution in [2.75, 3.05) is 7.05 Å². The van der Waals surface area contributed by atoms with Crippen molar-refractivity contribution in [2.45, 2.75) is 51.6 Å². The van der Waals surface area contributed by atoms with Gasteiger partial charge in [-0.2, -0.15) is 0 Å². The number of hydrogen-bond donors (Lipinski definition) is 1. The highest BCUT2D eigenvalue weighted by Crippen LogP contribution is 2.40. The summed E-state index contributed by atoms with van der Waals surface area (Å²) in [6.07, 6.45) is 1.93. The lowest BCUT2D eigenvalue weighted by Crippen LogP contribution is -2.62. The average molecular weight is 198 g/mol. The molecule has 82 valence electrons. The summed E-state index contributed by atoms with van der Waals surface area (Å²) < 4.78 is 0. The Balaban J connectivity index is 2.96. The van der Waals surface area contributed by atoms with Crippen molar-refractivity contribution in [1.82, 2.24) is 4.90 Å². The number of primary amides is 1. The van der Waals surface area contributed by atoms with Crippen LogP contribution in [0.5, 0.6) is 0 Å². The maximum Gasteiger partial charge on any atom is 0.222 e. The third-order valence-electron chi connectivity index (χ3n) is 4.01. The first kappa shape index (κ1) is 11.5. The van der Waals surface area contributed by atoms with Crippen LogP contribution in [-0.4, -0.2) is 28.9 Å². The van der Waals surface area contributed by atoms with Gasteiger partial charge in [0.15, 0.2) is 0 Å². The summed E-state index contributed by atoms with van der Waals surface area (Å²) in [4.78, 5) is 13.6. The quantitative estimate of drug-likeness (QED) is 0.691. The second-order valence-corrected chi connectivity index (χ2v) is 5.52. The minimum Gasteiger partial charge on any atom is -0.369 e. The number of carbonyl (C=O) groups excluding carboxylic acids is 1. The predicted octanol–water partition coefficient (Wildman–Crippen LogP) is 1.37. The zero-order valence-corrected chi connectivity index (χ0v) is 9.92. The number of rotatable bonds is 1. The number of carbonyl (C=O) groups is 1. The Morgan fingerprint density at radius 1 is 1.36 bits per heavy atom. The Morgan fingerprint density at radius 2 is 1.86 bits per heavy atom. The van der Waals surface area contributed by atoms with Gasteiger partial charge in [-0.1, -0.05) is 0 Å². The second kappa shape index (κ2) is 3.23. The Bertz CT molecular complexity index is 246. The Labute approximate surface area is 86.6 Å². The van der Waals surface area contributed by atoms with E-state index < -0.39 is 0 Å². The molecule has 1 rings (SSSR count). The number of hydrogen-bond acceptors (Lipinski definition) is 2. The van der Waals surface area contributed by atoms with E-state index in [4.69, 9.17) is 5.73 Å². The van der Waals surface area contributed by atoms with Gasteiger partial charge in [0, 0.05) is 11.1 Å². The molecule has 3 nitrogen and oxygen atoms in total. The van der Waals surface area contributed by atoms with Crippen LogP contribution in [0.25, 0.3) is 0 Å². The molecular formula is C11H22N2O. The van der Waals surface area contributed by atoms with Gasteiger partial charge in [0.1, 0.15) is 0 Å². The highest BCUT2D eigenvalue weighted by atomic mass is 16.1. The molecule has 1 heterocycles. The van der Waals surface area contributed by atoms with E-state index in [1.165, 1.54) is 0 Å². The molecule has 1 aliphatic rings. The van der Waals surface area contributed by atoms with Crippen LogP contribution in [-0.2, 0) is 4.79 Å². The molecule has 0 bridgehead atoms. The van der Waals surface area contributed by atoms with Crippen molar-refractivity contribution < 1.29 is 4.79 Å². The summed E-state index contributed by atoms with van der Waals surface area (Å²) in [6, 6.07) is 0. The van der Waals surface area contributed by atoms with Crippen LogP contribution in [0, 0.1) is 5.92 Å². The number of nitrogens with two attached hydrogens (primary N) is 1. The third kappa shape index (κ3) is 1.65. The zero-order chi connectivity index (χ0) is 11.1. The Morgan fingerprint density at radius 3 is 2.29 bits per heavy atom. The summed E-state index contributed by atoms with van der Waals surface area (Å²) in [5, 5.41) is 0. The molecule has 2 N–H and O–H groups in total. The van der Waals surface area contributed by atoms with Gasteiger partial charge in [-0.25, -0.2) is 0 Å². The van der Waals surface area contributed by atoms with E-state index in [-0.39, 0.29) is 22.9 Å². The van der Waals surface area contributed by atoms with Crippen molar-refractivity contribution >= 4 is 5.91 Å². The van der Waals surface area contributed by atoms with Crippen molar-refractivity contribution in [1.29, 1.82) is 0 Å². The molecule has 1 aliphatic heterocycles. The molecule has 0 aliphatic carbocycles. The summed E-state index contributed by atoms with van der Waals surface area (Å²) >= 11 is 0. The number of likely N-dealkylation sites (tertiary alicyclic amines) is 1. The van der Waals surface area contributed by atoms with Gasteiger partial charge in [-0.15, -0.1) is 0 Å². The maximum atomic E-state index is 11.3. The van der Waals surface area contributed by atoms with Crippen LogP contribution in [0.15, 0.2) is 0 Å². The van der Waals surface area contributed by atoms with E-state index in [9.17, 15) is 4.79 Å². The Hall–Kier alpha value is -0.570. The first-order valence-corrected chi connectivity index (χ1v) is 5.23. The largest absolute Gasteiger partial charge is 0.369 e. The van der Waals surface area contributed by atoms with E-state index >= 15 is 0 Å². The van der Waals surface area contributed by atoms with E-state index in [0.29, 0.717) is 0 Å². The van der Waals surface area contributed by atoms with Gasteiger partial charge in [-0.3, -0.25) is 9.69 Å². The smallest absolute Gasteiger partial charge is 0.222 e. The van der Waals surface area contributed by atoms with Gasteiger partial charge in [0.25, 0.3) is 0 Å². The highest BCUT2D eigenvalue weighted by molar-refractivity contribution is 5.78. The van der Waals surface area contributed by atoms with Crippen molar-refractivity contribution in [2.24, 2.45) is 11.7 Å². The summed E-state index contributed by atoms with van der Waals surface area (Å²) in [6.45, 7) is 8.63. The highest BCUT2D eigenvalue weighted by Gasteiger charge is 2.46. The fraction of sp³-hybridized carbons (Fsp3) is 0.909. The standard InChI is InChI=1S/C11H22N2O/c1-10(2)7-6-8(9(12)14)11(3,4)13(10)5/h8H,6-7H2,1-5H3,(H2,12,14). The van der Waals surface area contributed by atoms with Gasteiger partial charge in [0.2, 0.25) is 5.91 Å². The topological polar surface area (TPSA) is 46.3 Å². The van der Waals surface area contributed by atoms with Gasteiger partial charge < -0.3 is 5.73 Å². The van der Waals surface area contributed by atoms with Gasteiger partial charge >= 0.3 is 0 Å². The van der Waals surface area contributed by atoms with E-state index in [2.05, 4.69) is 39.6 Å². The summed E-state index contributed by atoms with van der Waals surface area (Å²) in [5.41, 5.74) is 5.46. The summed E-state index contributed by atoms with van der Waals surface area (Å²) in [7, 11) is 2.08. The van der Waals surface area contributed by atoms with Crippen LogP contribution in [0.4, 0.5) is 0 Å². The van der Waals surface area contributed by atoms with E-state index in [1.54, 1.807) is 0 Å². The molecule has 0 radical (unpaired) electrons. The monoisotopic (exact) mass is 198 g/mol. The van der Waals surface area contributed by atoms with Crippen LogP contribution in [0.3, 0.4) is 0 Å². The summed E-state index contributed by atoms with van der Waals surface area (Å²) in [5.74, 6) is -0.196. The van der Waals surface area contributed by atoms with Crippen molar-refractivity contribution in [3.63, 3.8) is 0 Å². The SMILES string of the molecule is CN1C(C)(C)CCC(C(N)=O)C1(C)C. The molecule has 3 heteroatoms. The molecule has 1 unspecified atom stereocenters. The lowest BCUT2D eigenvalue weighted by Gasteiger charge is -2.54. The van der Waals surface area contributed by atoms with Gasteiger partial charge in [0.05, 0.1) is 5.92 Å². The molecule has 1 amide bonds. The molecule has 0 spiro atoms. The zero-order valence-electron chi connectivity index (χ0n) is 9.92. The Kier molecular flexibility index (Phi) is 2.65. The van der Waals surface area contributed by atoms with Crippen molar-refractivity contribution in [3.8, 4) is 0 Å². The molecule has 0 aromatic heterocycles. The average Bonchev–Trinajstić information content (AvgIpc) is 1.99. The minimum atomic E-state index is -0.169. The lowest BCUT2D eigenvalue weighted by molar-refractivity contribution is -0.133. The minimum absolute atomic E-state index is 0.0273. The molecule has 1 atom stereocenters. The van der Waals surface area contributed by atoms with Crippen LogP contribution >= 0.6 is 0 Å². The number of nitrogens with zero attached hydrogens (tertiary/aromatic N) is 1. The van der Waals surface area contributed by atoms with Crippen LogP contribution in [0.2, 0.25) is 0 Å². The molecule has 0 saturated carbocycles. The first-order valence-electron chi connectivity index (χ1n) is 5.23. The van der Waals surface area contributed by atoms with Gasteiger partial charge in [-0.05, 0) is 47.6 Å². The van der Waals surface area contributed by atoms with E-state index in [0.717, 1.165) is 12.8 Å². The second-order valence-electron chi connectivity index (χ2n) is 5.52. The van der Waals surface area contributed by atoms with Crippen LogP contribution < -0.4 is 5.73 Å². The first-order chi connectivity index (χ1) is 6.19. The number of piperidine rings is 1. The normalized spacial score (nSPS) is 31.4. The predicted molar refractivity (Wildman–Crippen MR) is 57.8 cm³/mol. The third-order valence-corrected chi connectivity index (χ3v) is 4.01. The molecule has 0 aromatic rings. The maximum absolute atomic E-state index is 11.3. The van der Waals surface area contributed by atoms with Crippen LogP contribution in [0.1, 0.15) is 40.5 Å². The fourth-order valence-corrected chi connectivity index (χ4v) is 2.52. The molecule has 14 heavy (non-hydrogen) atoms. The lowest BCUT2D eigenvalue weighted by atomic mass is 9.72.